The zero-order valence-corrected chi connectivity index (χ0v) is 7.74. The summed E-state index contributed by atoms with van der Waals surface area (Å²) in [5.74, 6) is 0.650. The maximum absolute atomic E-state index is 8.40. The first-order valence-electron chi connectivity index (χ1n) is 4.27. The van der Waals surface area contributed by atoms with E-state index >= 15 is 0 Å². The van der Waals surface area contributed by atoms with Gasteiger partial charge in [0.15, 0.2) is 11.5 Å². The summed E-state index contributed by atoms with van der Waals surface area (Å²) in [5.41, 5.74) is 2.45. The third-order valence-corrected chi connectivity index (χ3v) is 1.87. The summed E-state index contributed by atoms with van der Waals surface area (Å²) < 4.78 is 5.35. The molecule has 4 nitrogen and oxygen atoms in total. The number of nitrogens with zero attached hydrogens (tertiary/aromatic N) is 2. The monoisotopic (exact) mass is 187 g/mol. The second-order valence-electron chi connectivity index (χ2n) is 2.93. The van der Waals surface area contributed by atoms with Crippen LogP contribution in [-0.4, -0.2) is 11.5 Å². The Kier molecular flexibility index (Phi) is 2.07. The molecule has 0 spiro atoms. The molecular formula is C10H9N3O. The topological polar surface area (TPSA) is 61.9 Å². The van der Waals surface area contributed by atoms with E-state index in [0.717, 1.165) is 16.8 Å². The van der Waals surface area contributed by atoms with Gasteiger partial charge in [0.05, 0.1) is 6.07 Å². The van der Waals surface area contributed by atoms with Gasteiger partial charge in [0.2, 0.25) is 0 Å². The number of hydrogen-bond acceptors (Lipinski definition) is 4. The van der Waals surface area contributed by atoms with Crippen molar-refractivity contribution in [2.75, 3.05) is 11.9 Å². The van der Waals surface area contributed by atoms with Crippen LogP contribution in [0.1, 0.15) is 5.89 Å². The normalized spacial score (nSPS) is 10.0. The molecule has 2 aromatic rings. The Morgan fingerprint density at radius 2 is 2.43 bits per heavy atom. The lowest BCUT2D eigenvalue weighted by atomic mass is 10.3. The Labute approximate surface area is 81.2 Å². The predicted molar refractivity (Wildman–Crippen MR) is 52.8 cm³/mol. The number of nitriles is 1. The zero-order valence-electron chi connectivity index (χ0n) is 7.74. The van der Waals surface area contributed by atoms with E-state index in [0.29, 0.717) is 12.4 Å². The molecule has 1 N–H and O–H groups in total. The lowest BCUT2D eigenvalue weighted by Crippen LogP contribution is -1.97. The molecule has 0 unspecified atom stereocenters. The summed E-state index contributed by atoms with van der Waals surface area (Å²) >= 11 is 0. The fraction of sp³-hybridized carbons (Fsp3) is 0.200. The standard InChI is InChI=1S/C10H9N3O/c1-7-13-9-3-2-8(12-5-4-11)6-10(9)14-7/h2-3,6,12H,5H2,1H3. The zero-order chi connectivity index (χ0) is 9.97. The lowest BCUT2D eigenvalue weighted by Gasteiger charge is -1.99. The maximum Gasteiger partial charge on any atom is 0.192 e. The summed E-state index contributed by atoms with van der Waals surface area (Å²) in [6.45, 7) is 2.10. The molecule has 1 heterocycles. The van der Waals surface area contributed by atoms with Crippen LogP contribution in [-0.2, 0) is 0 Å². The highest BCUT2D eigenvalue weighted by Gasteiger charge is 2.02. The predicted octanol–water partition coefficient (Wildman–Crippen LogP) is 2.07. The molecule has 0 amide bonds. The average Bonchev–Trinajstić information content (AvgIpc) is 2.54. The maximum atomic E-state index is 8.40. The second kappa shape index (κ2) is 3.38. The molecule has 0 fully saturated rings. The van der Waals surface area contributed by atoms with Gasteiger partial charge >= 0.3 is 0 Å². The van der Waals surface area contributed by atoms with E-state index in [1.165, 1.54) is 0 Å². The molecule has 0 saturated heterocycles. The van der Waals surface area contributed by atoms with Gasteiger partial charge in [-0.15, -0.1) is 0 Å². The van der Waals surface area contributed by atoms with Crippen molar-refractivity contribution in [3.8, 4) is 6.07 Å². The highest BCUT2D eigenvalue weighted by atomic mass is 16.3. The first-order chi connectivity index (χ1) is 6.79. The van der Waals surface area contributed by atoms with Gasteiger partial charge in [-0.25, -0.2) is 4.98 Å². The van der Waals surface area contributed by atoms with E-state index in [9.17, 15) is 0 Å². The molecule has 0 bridgehead atoms. The van der Waals surface area contributed by atoms with Crippen molar-refractivity contribution in [2.45, 2.75) is 6.92 Å². The highest BCUT2D eigenvalue weighted by molar-refractivity contribution is 5.77. The third kappa shape index (κ3) is 1.52. The fourth-order valence-electron chi connectivity index (χ4n) is 1.29. The molecule has 70 valence electrons. The lowest BCUT2D eigenvalue weighted by molar-refractivity contribution is 0.561. The van der Waals surface area contributed by atoms with E-state index in [1.807, 2.05) is 31.2 Å². The Morgan fingerprint density at radius 3 is 3.21 bits per heavy atom. The molecule has 0 radical (unpaired) electrons. The van der Waals surface area contributed by atoms with E-state index in [1.54, 1.807) is 0 Å². The third-order valence-electron chi connectivity index (χ3n) is 1.87. The minimum Gasteiger partial charge on any atom is -0.441 e. The molecule has 1 aromatic carbocycles. The van der Waals surface area contributed by atoms with Crippen molar-refractivity contribution in [2.24, 2.45) is 0 Å². The van der Waals surface area contributed by atoms with Crippen LogP contribution in [0.5, 0.6) is 0 Å². The summed E-state index contributed by atoms with van der Waals surface area (Å²) in [6.07, 6.45) is 0. The van der Waals surface area contributed by atoms with E-state index < -0.39 is 0 Å². The number of anilines is 1. The Morgan fingerprint density at radius 1 is 1.57 bits per heavy atom. The number of nitrogens with one attached hydrogen (secondary N) is 1. The van der Waals surface area contributed by atoms with Crippen LogP contribution in [0.15, 0.2) is 22.6 Å². The summed E-state index contributed by atoms with van der Waals surface area (Å²) in [7, 11) is 0. The molecule has 0 aliphatic carbocycles. The van der Waals surface area contributed by atoms with Gasteiger partial charge in [-0.1, -0.05) is 0 Å². The van der Waals surface area contributed by atoms with Crippen LogP contribution in [0, 0.1) is 18.3 Å². The van der Waals surface area contributed by atoms with Crippen LogP contribution in [0.3, 0.4) is 0 Å². The smallest absolute Gasteiger partial charge is 0.192 e. The Balaban J connectivity index is 2.36. The quantitative estimate of drug-likeness (QED) is 0.731. The number of benzene rings is 1. The van der Waals surface area contributed by atoms with Crippen LogP contribution in [0.25, 0.3) is 11.1 Å². The largest absolute Gasteiger partial charge is 0.441 e. The molecule has 0 saturated carbocycles. The van der Waals surface area contributed by atoms with Crippen molar-refractivity contribution in [1.82, 2.24) is 4.98 Å². The molecule has 0 aliphatic rings. The molecule has 4 heteroatoms. The van der Waals surface area contributed by atoms with Crippen molar-refractivity contribution >= 4 is 16.8 Å². The van der Waals surface area contributed by atoms with E-state index in [-0.39, 0.29) is 0 Å². The molecule has 0 aliphatic heterocycles. The molecular weight excluding hydrogens is 178 g/mol. The number of oxazole rings is 1. The molecule has 1 aromatic heterocycles. The SMILES string of the molecule is Cc1nc2ccc(NCC#N)cc2o1. The van der Waals surface area contributed by atoms with Crippen molar-refractivity contribution in [3.05, 3.63) is 24.1 Å². The van der Waals surface area contributed by atoms with Gasteiger partial charge in [0, 0.05) is 18.7 Å². The average molecular weight is 187 g/mol. The van der Waals surface area contributed by atoms with Crippen molar-refractivity contribution < 1.29 is 4.42 Å². The van der Waals surface area contributed by atoms with Crippen LogP contribution >= 0.6 is 0 Å². The molecule has 2 rings (SSSR count). The second-order valence-corrected chi connectivity index (χ2v) is 2.93. The summed E-state index contributed by atoms with van der Waals surface area (Å²) in [5, 5.41) is 11.3. The first-order valence-corrected chi connectivity index (χ1v) is 4.27. The Bertz CT molecular complexity index is 496. The minimum atomic E-state index is 0.290. The van der Waals surface area contributed by atoms with Crippen LogP contribution in [0.2, 0.25) is 0 Å². The fourth-order valence-corrected chi connectivity index (χ4v) is 1.29. The van der Waals surface area contributed by atoms with Crippen LogP contribution < -0.4 is 5.32 Å². The molecule has 14 heavy (non-hydrogen) atoms. The number of rotatable bonds is 2. The van der Waals surface area contributed by atoms with Crippen LogP contribution in [0.4, 0.5) is 5.69 Å². The van der Waals surface area contributed by atoms with Crippen molar-refractivity contribution in [3.63, 3.8) is 0 Å². The van der Waals surface area contributed by atoms with E-state index in [2.05, 4.69) is 10.3 Å². The minimum absolute atomic E-state index is 0.290. The van der Waals surface area contributed by atoms with Gasteiger partial charge in [0.1, 0.15) is 12.1 Å². The Hall–Kier alpha value is -2.02. The number of fused-ring (bicyclic) bond motifs is 1. The van der Waals surface area contributed by atoms with Gasteiger partial charge < -0.3 is 9.73 Å². The first kappa shape index (κ1) is 8.57. The van der Waals surface area contributed by atoms with Gasteiger partial charge in [-0.2, -0.15) is 5.26 Å². The number of aromatic nitrogens is 1. The van der Waals surface area contributed by atoms with Gasteiger partial charge in [-0.05, 0) is 12.1 Å². The number of hydrogen-bond donors (Lipinski definition) is 1. The van der Waals surface area contributed by atoms with E-state index in [4.69, 9.17) is 9.68 Å². The summed E-state index contributed by atoms with van der Waals surface area (Å²) in [4.78, 5) is 4.18. The number of aryl methyl sites for hydroxylation is 1. The summed E-state index contributed by atoms with van der Waals surface area (Å²) in [6, 6.07) is 7.60. The van der Waals surface area contributed by atoms with Gasteiger partial charge in [0.25, 0.3) is 0 Å². The van der Waals surface area contributed by atoms with Gasteiger partial charge in [-0.3, -0.25) is 0 Å². The molecule has 0 atom stereocenters. The van der Waals surface area contributed by atoms with Crippen molar-refractivity contribution in [1.29, 1.82) is 5.26 Å². The highest BCUT2D eigenvalue weighted by Crippen LogP contribution is 2.19.